The molecule has 1 aromatic carbocycles. The van der Waals surface area contributed by atoms with E-state index in [1.54, 1.807) is 17.5 Å². The van der Waals surface area contributed by atoms with Crippen molar-refractivity contribution in [1.29, 1.82) is 0 Å². The van der Waals surface area contributed by atoms with Gasteiger partial charge in [0.05, 0.1) is 14.7 Å². The Morgan fingerprint density at radius 1 is 1.22 bits per heavy atom. The molecule has 0 aliphatic rings. The highest BCUT2D eigenvalue weighted by atomic mass is 32.2. The van der Waals surface area contributed by atoms with E-state index < -0.39 is 14.9 Å². The molecule has 23 heavy (non-hydrogen) atoms. The van der Waals surface area contributed by atoms with Crippen LogP contribution in [0.25, 0.3) is 0 Å². The van der Waals surface area contributed by atoms with Gasteiger partial charge in [-0.1, -0.05) is 12.1 Å². The first kappa shape index (κ1) is 17.1. The highest BCUT2D eigenvalue weighted by Crippen LogP contribution is 2.16. The second kappa shape index (κ2) is 7.31. The molecule has 2 N–H and O–H groups in total. The highest BCUT2D eigenvalue weighted by molar-refractivity contribution is 7.89. The third-order valence-electron chi connectivity index (χ3n) is 2.79. The van der Waals surface area contributed by atoms with Crippen LogP contribution >= 0.6 is 11.3 Å². The number of thiophene rings is 1. The maximum Gasteiger partial charge on any atom is 0.270 e. The number of nitro groups is 1. The predicted octanol–water partition coefficient (Wildman–Crippen LogP) is 1.36. The predicted molar refractivity (Wildman–Crippen MR) is 84.9 cm³/mol. The van der Waals surface area contributed by atoms with Crippen molar-refractivity contribution in [3.63, 3.8) is 0 Å². The van der Waals surface area contributed by atoms with Crippen LogP contribution in [-0.2, 0) is 10.0 Å². The summed E-state index contributed by atoms with van der Waals surface area (Å²) in [6.45, 7) is 0.0764. The minimum Gasteiger partial charge on any atom is -0.350 e. The molecule has 0 radical (unpaired) electrons. The first-order chi connectivity index (χ1) is 10.9. The molecular weight excluding hydrogens is 342 g/mol. The number of amides is 1. The topological polar surface area (TPSA) is 118 Å². The van der Waals surface area contributed by atoms with E-state index in [9.17, 15) is 23.3 Å². The number of sulfonamides is 1. The Hall–Kier alpha value is -2.30. The van der Waals surface area contributed by atoms with E-state index in [0.717, 1.165) is 6.07 Å². The van der Waals surface area contributed by atoms with Gasteiger partial charge in [0.1, 0.15) is 0 Å². The van der Waals surface area contributed by atoms with Crippen LogP contribution in [0.2, 0.25) is 0 Å². The van der Waals surface area contributed by atoms with Crippen molar-refractivity contribution < 1.29 is 18.1 Å². The third kappa shape index (κ3) is 4.58. The van der Waals surface area contributed by atoms with Crippen molar-refractivity contribution in [3.05, 3.63) is 56.8 Å². The number of carbonyl (C=O) groups excluding carboxylic acids is 1. The quantitative estimate of drug-likeness (QED) is 0.442. The minimum atomic E-state index is -3.87. The Bertz CT molecular complexity index is 803. The largest absolute Gasteiger partial charge is 0.350 e. The zero-order valence-electron chi connectivity index (χ0n) is 11.8. The number of hydrogen-bond acceptors (Lipinski definition) is 6. The molecule has 1 aromatic heterocycles. The molecule has 2 aromatic rings. The number of nitrogens with one attached hydrogen (secondary N) is 2. The third-order valence-corrected chi connectivity index (χ3v) is 5.11. The van der Waals surface area contributed by atoms with Gasteiger partial charge in [-0.25, -0.2) is 13.1 Å². The normalized spacial score (nSPS) is 11.1. The standard InChI is InChI=1S/C13H13N3O5S2/c17-13(12-5-2-8-22-12)14-6-7-15-23(20,21)11-4-1-3-10(9-11)16(18)19/h1-5,8-9,15H,6-7H2,(H,14,17). The van der Waals surface area contributed by atoms with Crippen molar-refractivity contribution in [2.45, 2.75) is 4.90 Å². The van der Waals surface area contributed by atoms with Crippen molar-refractivity contribution >= 4 is 33.0 Å². The molecule has 0 saturated carbocycles. The second-order valence-electron chi connectivity index (χ2n) is 4.39. The van der Waals surface area contributed by atoms with Gasteiger partial charge in [0.15, 0.2) is 0 Å². The van der Waals surface area contributed by atoms with Gasteiger partial charge in [-0.15, -0.1) is 11.3 Å². The number of nitro benzene ring substituents is 1. The molecule has 0 bridgehead atoms. The summed E-state index contributed by atoms with van der Waals surface area (Å²) in [5.41, 5.74) is -0.307. The van der Waals surface area contributed by atoms with E-state index in [4.69, 9.17) is 0 Å². The Morgan fingerprint density at radius 3 is 2.65 bits per heavy atom. The summed E-state index contributed by atoms with van der Waals surface area (Å²) in [7, 11) is -3.87. The summed E-state index contributed by atoms with van der Waals surface area (Å²) >= 11 is 1.28. The zero-order chi connectivity index (χ0) is 16.9. The van der Waals surface area contributed by atoms with Crippen LogP contribution in [-0.4, -0.2) is 32.3 Å². The van der Waals surface area contributed by atoms with Gasteiger partial charge in [-0.2, -0.15) is 0 Å². The van der Waals surface area contributed by atoms with Crippen LogP contribution in [0.15, 0.2) is 46.7 Å². The maximum atomic E-state index is 12.0. The number of benzene rings is 1. The fourth-order valence-electron chi connectivity index (χ4n) is 1.70. The Balaban J connectivity index is 1.90. The molecule has 0 fully saturated rings. The average Bonchev–Trinajstić information content (AvgIpc) is 3.06. The monoisotopic (exact) mass is 355 g/mol. The van der Waals surface area contributed by atoms with Gasteiger partial charge < -0.3 is 5.32 Å². The lowest BCUT2D eigenvalue weighted by Crippen LogP contribution is -2.34. The molecule has 0 spiro atoms. The fraction of sp³-hybridized carbons (Fsp3) is 0.154. The van der Waals surface area contributed by atoms with E-state index in [2.05, 4.69) is 10.0 Å². The maximum absolute atomic E-state index is 12.0. The molecule has 8 nitrogen and oxygen atoms in total. The molecule has 122 valence electrons. The van der Waals surface area contributed by atoms with Gasteiger partial charge in [-0.05, 0) is 17.5 Å². The van der Waals surface area contributed by atoms with E-state index in [-0.39, 0.29) is 29.6 Å². The van der Waals surface area contributed by atoms with Gasteiger partial charge in [0.25, 0.3) is 11.6 Å². The highest BCUT2D eigenvalue weighted by Gasteiger charge is 2.17. The number of nitrogens with zero attached hydrogens (tertiary/aromatic N) is 1. The fourth-order valence-corrected chi connectivity index (χ4v) is 3.42. The number of carbonyl (C=O) groups is 1. The van der Waals surface area contributed by atoms with Gasteiger partial charge >= 0.3 is 0 Å². The molecule has 0 aliphatic carbocycles. The lowest BCUT2D eigenvalue weighted by Gasteiger charge is -2.07. The van der Waals surface area contributed by atoms with Crippen LogP contribution in [0.4, 0.5) is 5.69 Å². The molecule has 0 saturated heterocycles. The number of rotatable bonds is 7. The first-order valence-electron chi connectivity index (χ1n) is 6.46. The molecule has 1 amide bonds. The summed E-state index contributed by atoms with van der Waals surface area (Å²) in [6, 6.07) is 8.15. The van der Waals surface area contributed by atoms with Crippen LogP contribution < -0.4 is 10.0 Å². The number of non-ortho nitro benzene ring substituents is 1. The van der Waals surface area contributed by atoms with Crippen LogP contribution in [0.3, 0.4) is 0 Å². The van der Waals surface area contributed by atoms with Crippen LogP contribution in [0.1, 0.15) is 9.67 Å². The van der Waals surface area contributed by atoms with E-state index >= 15 is 0 Å². The summed E-state index contributed by atoms with van der Waals surface area (Å²) in [5, 5.41) is 15.0. The summed E-state index contributed by atoms with van der Waals surface area (Å²) in [5.74, 6) is -0.283. The van der Waals surface area contributed by atoms with E-state index in [1.165, 1.54) is 29.5 Å². The number of hydrogen-bond donors (Lipinski definition) is 2. The van der Waals surface area contributed by atoms with E-state index in [0.29, 0.717) is 4.88 Å². The van der Waals surface area contributed by atoms with Crippen LogP contribution in [0, 0.1) is 10.1 Å². The minimum absolute atomic E-state index is 0.0257. The summed E-state index contributed by atoms with van der Waals surface area (Å²) < 4.78 is 26.4. The molecule has 0 unspecified atom stereocenters. The smallest absolute Gasteiger partial charge is 0.270 e. The first-order valence-corrected chi connectivity index (χ1v) is 8.82. The molecule has 1 heterocycles. The molecule has 10 heteroatoms. The Kier molecular flexibility index (Phi) is 5.42. The Morgan fingerprint density at radius 2 is 2.00 bits per heavy atom. The van der Waals surface area contributed by atoms with Crippen molar-refractivity contribution in [2.24, 2.45) is 0 Å². The zero-order valence-corrected chi connectivity index (χ0v) is 13.4. The van der Waals surface area contributed by atoms with Crippen molar-refractivity contribution in [2.75, 3.05) is 13.1 Å². The SMILES string of the molecule is O=C(NCCNS(=O)(=O)c1cccc([N+](=O)[O-])c1)c1cccs1. The van der Waals surface area contributed by atoms with E-state index in [1.807, 2.05) is 0 Å². The van der Waals surface area contributed by atoms with Gasteiger partial charge in [0, 0.05) is 25.2 Å². The lowest BCUT2D eigenvalue weighted by atomic mass is 10.3. The van der Waals surface area contributed by atoms with Crippen LogP contribution in [0.5, 0.6) is 0 Å². The average molecular weight is 355 g/mol. The molecule has 0 atom stereocenters. The van der Waals surface area contributed by atoms with Crippen molar-refractivity contribution in [3.8, 4) is 0 Å². The summed E-state index contributed by atoms with van der Waals surface area (Å²) in [6.07, 6.45) is 0. The Labute approximate surface area is 136 Å². The summed E-state index contributed by atoms with van der Waals surface area (Å²) in [4.78, 5) is 22.0. The van der Waals surface area contributed by atoms with Gasteiger partial charge in [-0.3, -0.25) is 14.9 Å². The van der Waals surface area contributed by atoms with Gasteiger partial charge in [0.2, 0.25) is 10.0 Å². The molecule has 2 rings (SSSR count). The molecule has 0 aliphatic heterocycles. The second-order valence-corrected chi connectivity index (χ2v) is 7.10. The molecular formula is C13H13N3O5S2. The van der Waals surface area contributed by atoms with Crippen molar-refractivity contribution in [1.82, 2.24) is 10.0 Å². The lowest BCUT2D eigenvalue weighted by molar-refractivity contribution is -0.385.